The van der Waals surface area contributed by atoms with Gasteiger partial charge in [0.1, 0.15) is 6.61 Å². The van der Waals surface area contributed by atoms with Crippen LogP contribution in [0.5, 0.6) is 0 Å². The van der Waals surface area contributed by atoms with Crippen LogP contribution in [0, 0.1) is 11.6 Å². The van der Waals surface area contributed by atoms with Gasteiger partial charge in [-0.15, -0.1) is 0 Å². The maximum atomic E-state index is 13.3. The van der Waals surface area contributed by atoms with E-state index in [0.29, 0.717) is 0 Å². The molecule has 0 saturated heterocycles. The lowest BCUT2D eigenvalue weighted by Crippen LogP contribution is -1.96. The van der Waals surface area contributed by atoms with E-state index in [-0.39, 0.29) is 30.3 Å². The van der Waals surface area contributed by atoms with E-state index in [1.165, 1.54) is 12.1 Å². The number of hydrogen-bond donors (Lipinski definition) is 1. The Bertz CT molecular complexity index is 499. The van der Waals surface area contributed by atoms with Crippen LogP contribution in [0.25, 0.3) is 0 Å². The predicted molar refractivity (Wildman–Crippen MR) is 49.4 cm³/mol. The van der Waals surface area contributed by atoms with Crippen LogP contribution in [0.4, 0.5) is 8.78 Å². The first kappa shape index (κ1) is 10.7. The summed E-state index contributed by atoms with van der Waals surface area (Å²) in [6, 6.07) is 3.87. The van der Waals surface area contributed by atoms with Crippen LogP contribution < -0.4 is 0 Å². The molecule has 16 heavy (non-hydrogen) atoms. The predicted octanol–water partition coefficient (Wildman–Crippen LogP) is 1.43. The zero-order valence-electron chi connectivity index (χ0n) is 8.15. The average Bonchev–Trinajstić information content (AvgIpc) is 2.73. The van der Waals surface area contributed by atoms with Crippen molar-refractivity contribution in [1.82, 2.24) is 10.1 Å². The van der Waals surface area contributed by atoms with Gasteiger partial charge in [-0.1, -0.05) is 17.3 Å². The quantitative estimate of drug-likeness (QED) is 0.860. The molecule has 0 amide bonds. The molecule has 0 atom stereocenters. The molecule has 0 bridgehead atoms. The minimum Gasteiger partial charge on any atom is -0.388 e. The molecule has 2 aromatic rings. The van der Waals surface area contributed by atoms with Crippen LogP contribution in [-0.4, -0.2) is 15.2 Å². The molecule has 2 rings (SSSR count). The Morgan fingerprint density at radius 2 is 2.12 bits per heavy atom. The van der Waals surface area contributed by atoms with Crippen LogP contribution in [0.1, 0.15) is 17.3 Å². The topological polar surface area (TPSA) is 59.2 Å². The third-order valence-electron chi connectivity index (χ3n) is 2.02. The Morgan fingerprint density at radius 3 is 2.81 bits per heavy atom. The van der Waals surface area contributed by atoms with E-state index in [1.807, 2.05) is 0 Å². The third kappa shape index (κ3) is 2.06. The number of hydrogen-bond acceptors (Lipinski definition) is 4. The van der Waals surface area contributed by atoms with E-state index in [1.54, 1.807) is 0 Å². The van der Waals surface area contributed by atoms with Gasteiger partial charge in [0.15, 0.2) is 17.5 Å². The molecule has 1 aromatic carbocycles. The minimum atomic E-state index is -0.925. The van der Waals surface area contributed by atoms with Crippen molar-refractivity contribution in [3.8, 4) is 0 Å². The highest BCUT2D eigenvalue weighted by atomic mass is 19.2. The first-order chi connectivity index (χ1) is 7.70. The van der Waals surface area contributed by atoms with Crippen LogP contribution in [-0.2, 0) is 13.0 Å². The first-order valence-corrected chi connectivity index (χ1v) is 4.56. The maximum Gasteiger partial charge on any atom is 0.231 e. The van der Waals surface area contributed by atoms with Gasteiger partial charge in [-0.25, -0.2) is 8.78 Å². The van der Waals surface area contributed by atoms with Gasteiger partial charge in [-0.05, 0) is 6.07 Å². The number of aliphatic hydroxyl groups excluding tert-OH is 1. The summed E-state index contributed by atoms with van der Waals surface area (Å²) in [5.41, 5.74) is 0.133. The van der Waals surface area contributed by atoms with Gasteiger partial charge in [0.25, 0.3) is 0 Å². The monoisotopic (exact) mass is 226 g/mol. The zero-order chi connectivity index (χ0) is 11.5. The molecule has 0 saturated carbocycles. The second kappa shape index (κ2) is 4.36. The van der Waals surface area contributed by atoms with Gasteiger partial charge in [-0.3, -0.25) is 0 Å². The molecule has 0 radical (unpaired) electrons. The summed E-state index contributed by atoms with van der Waals surface area (Å²) in [7, 11) is 0. The SMILES string of the molecule is OCc1noc(Cc2cccc(F)c2F)n1. The van der Waals surface area contributed by atoms with Crippen molar-refractivity contribution < 1.29 is 18.4 Å². The summed E-state index contributed by atoms with van der Waals surface area (Å²) in [6.45, 7) is -0.352. The van der Waals surface area contributed by atoms with E-state index < -0.39 is 11.6 Å². The summed E-state index contributed by atoms with van der Waals surface area (Å²) < 4.78 is 30.9. The van der Waals surface area contributed by atoms with E-state index in [4.69, 9.17) is 9.63 Å². The second-order valence-corrected chi connectivity index (χ2v) is 3.15. The van der Waals surface area contributed by atoms with Crippen molar-refractivity contribution in [1.29, 1.82) is 0 Å². The lowest BCUT2D eigenvalue weighted by Gasteiger charge is -1.99. The smallest absolute Gasteiger partial charge is 0.231 e. The maximum absolute atomic E-state index is 13.3. The molecule has 0 spiro atoms. The fourth-order valence-electron chi connectivity index (χ4n) is 1.27. The van der Waals surface area contributed by atoms with E-state index in [9.17, 15) is 8.78 Å². The molecule has 1 N–H and O–H groups in total. The Hall–Kier alpha value is -1.82. The fraction of sp³-hybridized carbons (Fsp3) is 0.200. The number of aromatic nitrogens is 2. The Balaban J connectivity index is 2.23. The molecule has 84 valence electrons. The van der Waals surface area contributed by atoms with Gasteiger partial charge in [-0.2, -0.15) is 4.98 Å². The van der Waals surface area contributed by atoms with Crippen LogP contribution >= 0.6 is 0 Å². The van der Waals surface area contributed by atoms with Gasteiger partial charge < -0.3 is 9.63 Å². The lowest BCUT2D eigenvalue weighted by molar-refractivity contribution is 0.263. The molecule has 0 aliphatic carbocycles. The minimum absolute atomic E-state index is 0.00338. The van der Waals surface area contributed by atoms with Crippen molar-refractivity contribution in [2.75, 3.05) is 0 Å². The van der Waals surface area contributed by atoms with Crippen molar-refractivity contribution >= 4 is 0 Å². The highest BCUT2D eigenvalue weighted by molar-refractivity contribution is 5.21. The molecule has 0 aliphatic rings. The number of nitrogens with zero attached hydrogens (tertiary/aromatic N) is 2. The zero-order valence-corrected chi connectivity index (χ0v) is 8.15. The molecule has 1 aromatic heterocycles. The van der Waals surface area contributed by atoms with E-state index in [2.05, 4.69) is 10.1 Å². The average molecular weight is 226 g/mol. The van der Waals surface area contributed by atoms with Gasteiger partial charge >= 0.3 is 0 Å². The van der Waals surface area contributed by atoms with Crippen LogP contribution in [0.3, 0.4) is 0 Å². The Kier molecular flexibility index (Phi) is 2.91. The fourth-order valence-corrected chi connectivity index (χ4v) is 1.27. The highest BCUT2D eigenvalue weighted by Crippen LogP contribution is 2.14. The molecular weight excluding hydrogens is 218 g/mol. The summed E-state index contributed by atoms with van der Waals surface area (Å²) in [5.74, 6) is -1.59. The van der Waals surface area contributed by atoms with Gasteiger partial charge in [0.05, 0.1) is 6.42 Å². The van der Waals surface area contributed by atoms with Crippen molar-refractivity contribution in [3.63, 3.8) is 0 Å². The van der Waals surface area contributed by atoms with Crippen LogP contribution in [0.15, 0.2) is 22.7 Å². The largest absolute Gasteiger partial charge is 0.388 e. The Morgan fingerprint density at radius 1 is 1.31 bits per heavy atom. The number of aliphatic hydroxyl groups is 1. The van der Waals surface area contributed by atoms with Crippen molar-refractivity contribution in [2.45, 2.75) is 13.0 Å². The molecule has 0 fully saturated rings. The van der Waals surface area contributed by atoms with Crippen molar-refractivity contribution in [3.05, 3.63) is 47.1 Å². The number of benzene rings is 1. The third-order valence-corrected chi connectivity index (χ3v) is 2.02. The van der Waals surface area contributed by atoms with Crippen LogP contribution in [0.2, 0.25) is 0 Å². The summed E-state index contributed by atoms with van der Waals surface area (Å²) >= 11 is 0. The molecule has 6 heteroatoms. The summed E-state index contributed by atoms with van der Waals surface area (Å²) in [5, 5.41) is 12.1. The van der Waals surface area contributed by atoms with Gasteiger partial charge in [0, 0.05) is 5.56 Å². The van der Waals surface area contributed by atoms with E-state index in [0.717, 1.165) is 6.07 Å². The second-order valence-electron chi connectivity index (χ2n) is 3.15. The van der Waals surface area contributed by atoms with E-state index >= 15 is 0 Å². The highest BCUT2D eigenvalue weighted by Gasteiger charge is 2.12. The molecule has 1 heterocycles. The molecular formula is C10H8F2N2O2. The Labute approximate surface area is 89.5 Å². The number of rotatable bonds is 3. The lowest BCUT2D eigenvalue weighted by atomic mass is 10.1. The molecule has 4 nitrogen and oxygen atoms in total. The number of halogens is 2. The molecule has 0 aliphatic heterocycles. The van der Waals surface area contributed by atoms with Gasteiger partial charge in [0.2, 0.25) is 5.89 Å². The van der Waals surface area contributed by atoms with Crippen molar-refractivity contribution in [2.24, 2.45) is 0 Å². The summed E-state index contributed by atoms with van der Waals surface area (Å²) in [6.07, 6.45) is -0.00338. The standard InChI is InChI=1S/C10H8F2N2O2/c11-7-3-1-2-6(10(7)12)4-9-13-8(5-15)14-16-9/h1-3,15H,4-5H2. The normalized spacial score (nSPS) is 10.7. The first-order valence-electron chi connectivity index (χ1n) is 4.56. The molecule has 0 unspecified atom stereocenters. The summed E-state index contributed by atoms with van der Waals surface area (Å²) in [4.78, 5) is 3.78.